The van der Waals surface area contributed by atoms with Crippen LogP contribution < -0.4 is 5.32 Å². The Hall–Kier alpha value is -1.54. The van der Waals surface area contributed by atoms with Crippen molar-refractivity contribution in [3.05, 3.63) is 52.6 Å². The molecule has 96 valence electrons. The van der Waals surface area contributed by atoms with Crippen molar-refractivity contribution in [1.82, 2.24) is 0 Å². The van der Waals surface area contributed by atoms with E-state index < -0.39 is 0 Å². The van der Waals surface area contributed by atoms with Gasteiger partial charge in [0, 0.05) is 35.5 Å². The number of nitrogens with one attached hydrogen (secondary N) is 2. The largest absolute Gasteiger partial charge is 0.388 e. The molecule has 0 spiro atoms. The van der Waals surface area contributed by atoms with Gasteiger partial charge in [-0.3, -0.25) is 0 Å². The molecule has 0 heterocycles. The van der Waals surface area contributed by atoms with Crippen molar-refractivity contribution in [2.24, 2.45) is 0 Å². The summed E-state index contributed by atoms with van der Waals surface area (Å²) in [6.45, 7) is 4.00. The van der Waals surface area contributed by atoms with Gasteiger partial charge in [0.1, 0.15) is 0 Å². The first kappa shape index (κ1) is 14.5. The minimum Gasteiger partial charge on any atom is -0.388 e. The monoisotopic (exact) mass is 262 g/mol. The molecule has 0 fully saturated rings. The van der Waals surface area contributed by atoms with Gasteiger partial charge in [0.15, 0.2) is 0 Å². The lowest BCUT2D eigenvalue weighted by Crippen LogP contribution is -2.04. The first-order valence-corrected chi connectivity index (χ1v) is 6.29. The van der Waals surface area contributed by atoms with E-state index in [1.165, 1.54) is 0 Å². The summed E-state index contributed by atoms with van der Waals surface area (Å²) in [6.07, 6.45) is 6.61. The molecule has 0 aliphatic heterocycles. The Balaban J connectivity index is 2.93. The van der Waals surface area contributed by atoms with Gasteiger partial charge in [-0.25, -0.2) is 0 Å². The highest BCUT2D eigenvalue weighted by Crippen LogP contribution is 2.22. The van der Waals surface area contributed by atoms with Crippen LogP contribution in [0, 0.1) is 5.41 Å². The van der Waals surface area contributed by atoms with E-state index in [0.717, 1.165) is 16.8 Å². The molecule has 1 aromatic carbocycles. The molecule has 0 radical (unpaired) electrons. The van der Waals surface area contributed by atoms with Crippen LogP contribution in [-0.4, -0.2) is 12.8 Å². The average Bonchev–Trinajstić information content (AvgIpc) is 2.36. The maximum atomic E-state index is 8.17. The van der Waals surface area contributed by atoms with Crippen LogP contribution in [0.15, 0.2) is 42.0 Å². The normalized spacial score (nSPS) is 11.9. The van der Waals surface area contributed by atoms with E-state index in [1.807, 2.05) is 57.3 Å². The number of allylic oxidation sites excluding steroid dienone is 4. The van der Waals surface area contributed by atoms with Crippen LogP contribution in [0.5, 0.6) is 0 Å². The summed E-state index contributed by atoms with van der Waals surface area (Å²) in [4.78, 5) is 0. The minimum absolute atomic E-state index is 0.570. The summed E-state index contributed by atoms with van der Waals surface area (Å²) in [5.74, 6) is 0. The molecular formula is C15H19ClN2. The van der Waals surface area contributed by atoms with Crippen LogP contribution in [0.1, 0.15) is 25.8 Å². The lowest BCUT2D eigenvalue weighted by atomic mass is 10.0. The summed E-state index contributed by atoms with van der Waals surface area (Å²) in [7, 11) is 1.85. The third-order valence-electron chi connectivity index (χ3n) is 2.60. The third kappa shape index (κ3) is 4.04. The molecular weight excluding hydrogens is 244 g/mol. The van der Waals surface area contributed by atoms with Gasteiger partial charge in [0.25, 0.3) is 0 Å². The Kier molecular flexibility index (Phi) is 5.66. The predicted octanol–water partition coefficient (Wildman–Crippen LogP) is 4.66. The Bertz CT molecular complexity index is 487. The molecule has 2 nitrogen and oxygen atoms in total. The third-order valence-corrected chi connectivity index (χ3v) is 2.84. The summed E-state index contributed by atoms with van der Waals surface area (Å²) in [5.41, 5.74) is 3.52. The number of hydrogen-bond donors (Lipinski definition) is 2. The van der Waals surface area contributed by atoms with Crippen molar-refractivity contribution in [2.45, 2.75) is 20.3 Å². The fourth-order valence-corrected chi connectivity index (χ4v) is 1.85. The van der Waals surface area contributed by atoms with Crippen LogP contribution >= 0.6 is 11.6 Å². The highest BCUT2D eigenvalue weighted by atomic mass is 35.5. The highest BCUT2D eigenvalue weighted by molar-refractivity contribution is 6.31. The number of anilines is 1. The Labute approximate surface area is 114 Å². The summed E-state index contributed by atoms with van der Waals surface area (Å²) in [5, 5.41) is 11.9. The van der Waals surface area contributed by atoms with E-state index in [0.29, 0.717) is 17.2 Å². The summed E-state index contributed by atoms with van der Waals surface area (Å²) in [6, 6.07) is 5.56. The average molecular weight is 263 g/mol. The van der Waals surface area contributed by atoms with Crippen LogP contribution in [0.4, 0.5) is 5.69 Å². The molecule has 0 saturated carbocycles. The van der Waals surface area contributed by atoms with E-state index in [4.69, 9.17) is 17.0 Å². The van der Waals surface area contributed by atoms with Crippen molar-refractivity contribution >= 4 is 23.0 Å². The van der Waals surface area contributed by atoms with Crippen LogP contribution in [0.2, 0.25) is 5.02 Å². The van der Waals surface area contributed by atoms with Gasteiger partial charge >= 0.3 is 0 Å². The number of hydrogen-bond acceptors (Lipinski definition) is 2. The lowest BCUT2D eigenvalue weighted by molar-refractivity contribution is 1.23. The summed E-state index contributed by atoms with van der Waals surface area (Å²) >= 11 is 5.99. The van der Waals surface area contributed by atoms with Gasteiger partial charge in [-0.15, -0.1) is 0 Å². The molecule has 0 saturated heterocycles. The van der Waals surface area contributed by atoms with Crippen LogP contribution in [-0.2, 0) is 0 Å². The topological polar surface area (TPSA) is 35.9 Å². The van der Waals surface area contributed by atoms with Crippen molar-refractivity contribution in [3.8, 4) is 0 Å². The Morgan fingerprint density at radius 1 is 1.44 bits per heavy atom. The highest BCUT2D eigenvalue weighted by Gasteiger charge is 2.08. The van der Waals surface area contributed by atoms with Crippen molar-refractivity contribution in [3.63, 3.8) is 0 Å². The molecule has 0 unspecified atom stereocenters. The Morgan fingerprint density at radius 3 is 2.78 bits per heavy atom. The van der Waals surface area contributed by atoms with E-state index in [2.05, 4.69) is 5.32 Å². The van der Waals surface area contributed by atoms with Gasteiger partial charge in [0.05, 0.1) is 0 Å². The van der Waals surface area contributed by atoms with E-state index in [1.54, 1.807) is 0 Å². The first-order valence-electron chi connectivity index (χ1n) is 5.92. The zero-order valence-corrected chi connectivity index (χ0v) is 11.8. The van der Waals surface area contributed by atoms with Crippen molar-refractivity contribution in [1.29, 1.82) is 5.41 Å². The maximum Gasteiger partial charge on any atom is 0.0447 e. The van der Waals surface area contributed by atoms with Crippen LogP contribution in [0.3, 0.4) is 0 Å². The molecule has 18 heavy (non-hydrogen) atoms. The molecule has 0 aliphatic rings. The van der Waals surface area contributed by atoms with Gasteiger partial charge in [-0.2, -0.15) is 0 Å². The molecule has 0 atom stereocenters. The second kappa shape index (κ2) is 7.02. The number of halogens is 1. The summed E-state index contributed by atoms with van der Waals surface area (Å²) < 4.78 is 0. The fraction of sp³-hybridized carbons (Fsp3) is 0.267. The standard InChI is InChI=1S/C15H19ClN2/c1-4-5-6-11(2)9-14(17)13-10-12(16)7-8-15(13)18-3/h4-8,10,17-18H,9H2,1-3H3/b5-4-,11-6-,17-14?. The zero-order valence-electron chi connectivity index (χ0n) is 11.0. The van der Waals surface area contributed by atoms with E-state index >= 15 is 0 Å². The molecule has 1 rings (SSSR count). The fourth-order valence-electron chi connectivity index (χ4n) is 1.68. The molecule has 3 heteroatoms. The van der Waals surface area contributed by atoms with Gasteiger partial charge in [-0.05, 0) is 32.0 Å². The molecule has 0 amide bonds. The predicted molar refractivity (Wildman–Crippen MR) is 81.0 cm³/mol. The quantitative estimate of drug-likeness (QED) is 0.587. The molecule has 0 bridgehead atoms. The second-order valence-corrected chi connectivity index (χ2v) is 4.57. The maximum absolute atomic E-state index is 8.17. The van der Waals surface area contributed by atoms with Gasteiger partial charge in [0.2, 0.25) is 0 Å². The molecule has 2 N–H and O–H groups in total. The van der Waals surface area contributed by atoms with E-state index in [-0.39, 0.29) is 0 Å². The SMILES string of the molecule is C/C=C\C=C(\C)CC(=N)c1cc(Cl)ccc1NC. The minimum atomic E-state index is 0.570. The molecule has 1 aromatic rings. The van der Waals surface area contributed by atoms with Crippen LogP contribution in [0.25, 0.3) is 0 Å². The zero-order chi connectivity index (χ0) is 13.5. The van der Waals surface area contributed by atoms with Crippen molar-refractivity contribution in [2.75, 3.05) is 12.4 Å². The molecule has 0 aromatic heterocycles. The van der Waals surface area contributed by atoms with Gasteiger partial charge in [-0.1, -0.05) is 35.4 Å². The Morgan fingerprint density at radius 2 is 2.17 bits per heavy atom. The smallest absolute Gasteiger partial charge is 0.0447 e. The second-order valence-electron chi connectivity index (χ2n) is 4.13. The number of rotatable bonds is 5. The lowest BCUT2D eigenvalue weighted by Gasteiger charge is -2.11. The van der Waals surface area contributed by atoms with E-state index in [9.17, 15) is 0 Å². The number of benzene rings is 1. The first-order chi connectivity index (χ1) is 8.58. The van der Waals surface area contributed by atoms with Crippen molar-refractivity contribution < 1.29 is 0 Å². The van der Waals surface area contributed by atoms with Gasteiger partial charge < -0.3 is 10.7 Å². The molecule has 0 aliphatic carbocycles.